The van der Waals surface area contributed by atoms with Crippen molar-refractivity contribution in [3.05, 3.63) is 29.8 Å². The minimum atomic E-state index is -4.29. The maximum Gasteiger partial charge on any atom is 0.418 e. The molecule has 1 aromatic carbocycles. The molecule has 0 radical (unpaired) electrons. The first-order valence-corrected chi connectivity index (χ1v) is 6.56. The maximum atomic E-state index is 13.0. The summed E-state index contributed by atoms with van der Waals surface area (Å²) in [6.45, 7) is 2.59. The zero-order valence-corrected chi connectivity index (χ0v) is 11.0. The van der Waals surface area contributed by atoms with E-state index >= 15 is 0 Å². The van der Waals surface area contributed by atoms with E-state index < -0.39 is 11.7 Å². The standard InChI is InChI=1S/C14H19F3N2/c1-19(10-11-6-8-18-9-7-11)13-5-3-2-4-12(13)14(15,16)17/h2-5,11,18H,6-10H2,1H3. The molecule has 0 saturated carbocycles. The lowest BCUT2D eigenvalue weighted by Crippen LogP contribution is -2.35. The van der Waals surface area contributed by atoms with E-state index in [9.17, 15) is 13.2 Å². The average Bonchev–Trinajstić information content (AvgIpc) is 2.39. The molecule has 0 aromatic heterocycles. The second kappa shape index (κ2) is 5.82. The van der Waals surface area contributed by atoms with Crippen molar-refractivity contribution in [2.75, 3.05) is 31.6 Å². The largest absolute Gasteiger partial charge is 0.418 e. The van der Waals surface area contributed by atoms with E-state index in [-0.39, 0.29) is 5.69 Å². The molecule has 2 nitrogen and oxygen atoms in total. The van der Waals surface area contributed by atoms with Gasteiger partial charge in [0.2, 0.25) is 0 Å². The fourth-order valence-corrected chi connectivity index (χ4v) is 2.60. The minimum absolute atomic E-state index is 0.272. The molecule has 2 rings (SSSR count). The van der Waals surface area contributed by atoms with E-state index in [4.69, 9.17) is 0 Å². The third-order valence-corrected chi connectivity index (χ3v) is 3.61. The number of hydrogen-bond acceptors (Lipinski definition) is 2. The number of halogens is 3. The first-order chi connectivity index (χ1) is 8.98. The van der Waals surface area contributed by atoms with E-state index in [1.54, 1.807) is 24.1 Å². The van der Waals surface area contributed by atoms with Gasteiger partial charge in [0, 0.05) is 19.3 Å². The topological polar surface area (TPSA) is 15.3 Å². The van der Waals surface area contributed by atoms with Gasteiger partial charge in [0.15, 0.2) is 0 Å². The molecule has 0 amide bonds. The Bertz CT molecular complexity index is 411. The number of benzene rings is 1. The van der Waals surface area contributed by atoms with Crippen LogP contribution in [-0.2, 0) is 6.18 Å². The summed E-state index contributed by atoms with van der Waals surface area (Å²) in [6, 6.07) is 5.78. The lowest BCUT2D eigenvalue weighted by molar-refractivity contribution is -0.137. The highest BCUT2D eigenvalue weighted by Crippen LogP contribution is 2.36. The molecule has 0 bridgehead atoms. The quantitative estimate of drug-likeness (QED) is 0.909. The van der Waals surface area contributed by atoms with Crippen molar-refractivity contribution in [3.8, 4) is 0 Å². The molecule has 1 aromatic rings. The summed E-state index contributed by atoms with van der Waals surface area (Å²) in [7, 11) is 1.74. The zero-order valence-electron chi connectivity index (χ0n) is 11.0. The van der Waals surface area contributed by atoms with Crippen molar-refractivity contribution in [1.82, 2.24) is 5.32 Å². The molecule has 0 atom stereocenters. The van der Waals surface area contributed by atoms with Crippen molar-refractivity contribution in [2.24, 2.45) is 5.92 Å². The molecule has 1 N–H and O–H groups in total. The molecule has 5 heteroatoms. The number of rotatable bonds is 3. The average molecular weight is 272 g/mol. The van der Waals surface area contributed by atoms with E-state index in [0.29, 0.717) is 12.5 Å². The Kier molecular flexibility index (Phi) is 4.34. The lowest BCUT2D eigenvalue weighted by Gasteiger charge is -2.30. The normalized spacial score (nSPS) is 17.5. The van der Waals surface area contributed by atoms with Crippen molar-refractivity contribution in [3.63, 3.8) is 0 Å². The van der Waals surface area contributed by atoms with Crippen LogP contribution < -0.4 is 10.2 Å². The van der Waals surface area contributed by atoms with Crippen LogP contribution in [0.1, 0.15) is 18.4 Å². The number of piperidine rings is 1. The van der Waals surface area contributed by atoms with Crippen molar-refractivity contribution in [2.45, 2.75) is 19.0 Å². The zero-order chi connectivity index (χ0) is 13.9. The molecule has 19 heavy (non-hydrogen) atoms. The van der Waals surface area contributed by atoms with Crippen LogP contribution in [0.25, 0.3) is 0 Å². The number of nitrogens with zero attached hydrogens (tertiary/aromatic N) is 1. The first kappa shape index (κ1) is 14.2. The maximum absolute atomic E-state index is 13.0. The summed E-state index contributed by atoms with van der Waals surface area (Å²) < 4.78 is 38.9. The van der Waals surface area contributed by atoms with E-state index in [2.05, 4.69) is 5.32 Å². The highest BCUT2D eigenvalue weighted by Gasteiger charge is 2.34. The van der Waals surface area contributed by atoms with Gasteiger partial charge in [-0.1, -0.05) is 12.1 Å². The van der Waals surface area contributed by atoms with Crippen LogP contribution in [-0.4, -0.2) is 26.7 Å². The third kappa shape index (κ3) is 3.62. The molecule has 1 saturated heterocycles. The highest BCUT2D eigenvalue weighted by atomic mass is 19.4. The van der Waals surface area contributed by atoms with Gasteiger partial charge in [0.25, 0.3) is 0 Å². The van der Waals surface area contributed by atoms with Crippen LogP contribution in [0, 0.1) is 5.92 Å². The Balaban J connectivity index is 2.12. The fraction of sp³-hybridized carbons (Fsp3) is 0.571. The van der Waals surface area contributed by atoms with Crippen molar-refractivity contribution in [1.29, 1.82) is 0 Å². The van der Waals surface area contributed by atoms with Crippen LogP contribution in [0.15, 0.2) is 24.3 Å². The van der Waals surface area contributed by atoms with E-state index in [0.717, 1.165) is 32.0 Å². The number of nitrogens with one attached hydrogen (secondary N) is 1. The number of alkyl halides is 3. The summed E-state index contributed by atoms with van der Waals surface area (Å²) in [6.07, 6.45) is -2.24. The van der Waals surface area contributed by atoms with Crippen molar-refractivity contribution < 1.29 is 13.2 Å². The summed E-state index contributed by atoms with van der Waals surface area (Å²) in [5.74, 6) is 0.465. The van der Waals surface area contributed by atoms with Crippen LogP contribution in [0.3, 0.4) is 0 Å². The molecule has 0 aliphatic carbocycles. The molecule has 1 fully saturated rings. The Hall–Kier alpha value is -1.23. The predicted molar refractivity (Wildman–Crippen MR) is 70.3 cm³/mol. The summed E-state index contributed by atoms with van der Waals surface area (Å²) in [5.41, 5.74) is -0.278. The van der Waals surface area contributed by atoms with Gasteiger partial charge in [-0.25, -0.2) is 0 Å². The van der Waals surface area contributed by atoms with Gasteiger partial charge in [0.1, 0.15) is 0 Å². The van der Waals surface area contributed by atoms with Gasteiger partial charge in [-0.15, -0.1) is 0 Å². The molecular weight excluding hydrogens is 253 g/mol. The smallest absolute Gasteiger partial charge is 0.374 e. The van der Waals surface area contributed by atoms with E-state index in [1.807, 2.05) is 0 Å². The molecule has 0 spiro atoms. The van der Waals surface area contributed by atoms with Gasteiger partial charge in [-0.3, -0.25) is 0 Å². The summed E-state index contributed by atoms with van der Waals surface area (Å²) in [5, 5.41) is 3.26. The molecule has 1 aliphatic rings. The molecule has 0 unspecified atom stereocenters. The van der Waals surface area contributed by atoms with Gasteiger partial charge < -0.3 is 10.2 Å². The molecule has 106 valence electrons. The SMILES string of the molecule is CN(CC1CCNCC1)c1ccccc1C(F)(F)F. The number of hydrogen-bond donors (Lipinski definition) is 1. The second-order valence-corrected chi connectivity index (χ2v) is 5.09. The van der Waals surface area contributed by atoms with E-state index in [1.165, 1.54) is 6.07 Å². The first-order valence-electron chi connectivity index (χ1n) is 6.56. The van der Waals surface area contributed by atoms with Gasteiger partial charge in [-0.05, 0) is 44.0 Å². The fourth-order valence-electron chi connectivity index (χ4n) is 2.60. The third-order valence-electron chi connectivity index (χ3n) is 3.61. The molecular formula is C14H19F3N2. The number of para-hydroxylation sites is 1. The Labute approximate surface area is 111 Å². The van der Waals surface area contributed by atoms with Crippen LogP contribution in [0.2, 0.25) is 0 Å². The summed E-state index contributed by atoms with van der Waals surface area (Å²) >= 11 is 0. The Morgan fingerprint density at radius 1 is 1.21 bits per heavy atom. The lowest BCUT2D eigenvalue weighted by atomic mass is 9.97. The van der Waals surface area contributed by atoms with Crippen molar-refractivity contribution >= 4 is 5.69 Å². The highest BCUT2D eigenvalue weighted by molar-refractivity contribution is 5.54. The predicted octanol–water partition coefficient (Wildman–Crippen LogP) is 3.14. The number of anilines is 1. The van der Waals surface area contributed by atoms with Crippen LogP contribution in [0.4, 0.5) is 18.9 Å². The Morgan fingerprint density at radius 2 is 1.84 bits per heavy atom. The van der Waals surface area contributed by atoms with Gasteiger partial charge >= 0.3 is 6.18 Å². The summed E-state index contributed by atoms with van der Waals surface area (Å²) in [4.78, 5) is 1.73. The van der Waals surface area contributed by atoms with Crippen LogP contribution >= 0.6 is 0 Å². The second-order valence-electron chi connectivity index (χ2n) is 5.09. The molecule has 1 aliphatic heterocycles. The minimum Gasteiger partial charge on any atom is -0.374 e. The monoisotopic (exact) mass is 272 g/mol. The van der Waals surface area contributed by atoms with Gasteiger partial charge in [-0.2, -0.15) is 13.2 Å². The Morgan fingerprint density at radius 3 is 2.47 bits per heavy atom. The van der Waals surface area contributed by atoms with Gasteiger partial charge in [0.05, 0.1) is 5.56 Å². The molecule has 1 heterocycles. The van der Waals surface area contributed by atoms with Crippen LogP contribution in [0.5, 0.6) is 0 Å².